The van der Waals surface area contributed by atoms with E-state index >= 15 is 0 Å². The van der Waals surface area contributed by atoms with E-state index in [1.54, 1.807) is 0 Å². The van der Waals surface area contributed by atoms with E-state index in [1.807, 2.05) is 6.92 Å². The summed E-state index contributed by atoms with van der Waals surface area (Å²) in [7, 11) is -3.85. The number of carboxylic acid groups (broad SMARTS) is 1. The summed E-state index contributed by atoms with van der Waals surface area (Å²) < 4.78 is 27.2. The Morgan fingerprint density at radius 3 is 2.48 bits per heavy atom. The number of aliphatic hydroxyl groups is 1. The van der Waals surface area contributed by atoms with Gasteiger partial charge in [-0.1, -0.05) is 13.0 Å². The first-order valence-electron chi connectivity index (χ1n) is 6.84. The van der Waals surface area contributed by atoms with E-state index in [0.717, 1.165) is 6.42 Å². The van der Waals surface area contributed by atoms with Crippen molar-refractivity contribution in [2.45, 2.75) is 43.0 Å². The molecule has 21 heavy (non-hydrogen) atoms. The van der Waals surface area contributed by atoms with Crippen molar-refractivity contribution in [1.29, 1.82) is 0 Å². The Bertz CT molecular complexity index is 644. The molecule has 3 N–H and O–H groups in total. The highest BCUT2D eigenvalue weighted by atomic mass is 32.2. The van der Waals surface area contributed by atoms with E-state index in [1.165, 1.54) is 18.2 Å². The number of aromatic carboxylic acids is 1. The molecule has 1 saturated carbocycles. The van der Waals surface area contributed by atoms with Crippen molar-refractivity contribution in [1.82, 2.24) is 4.72 Å². The largest absolute Gasteiger partial charge is 0.478 e. The van der Waals surface area contributed by atoms with Gasteiger partial charge in [0.15, 0.2) is 0 Å². The number of aryl methyl sites for hydroxylation is 1. The van der Waals surface area contributed by atoms with E-state index in [2.05, 4.69) is 4.72 Å². The third-order valence-electron chi connectivity index (χ3n) is 3.97. The number of benzene rings is 1. The molecule has 1 aliphatic rings. The average Bonchev–Trinajstić information content (AvgIpc) is 2.42. The summed E-state index contributed by atoms with van der Waals surface area (Å²) in [4.78, 5) is 11.1. The van der Waals surface area contributed by atoms with Gasteiger partial charge in [0, 0.05) is 0 Å². The van der Waals surface area contributed by atoms with Gasteiger partial charge in [0.2, 0.25) is 10.0 Å². The van der Waals surface area contributed by atoms with Gasteiger partial charge >= 0.3 is 5.97 Å². The van der Waals surface area contributed by atoms with E-state index in [0.29, 0.717) is 24.8 Å². The maximum atomic E-state index is 12.4. The topological polar surface area (TPSA) is 104 Å². The molecular weight excluding hydrogens is 294 g/mol. The van der Waals surface area contributed by atoms with Crippen LogP contribution in [0.4, 0.5) is 0 Å². The van der Waals surface area contributed by atoms with Gasteiger partial charge in [0.25, 0.3) is 0 Å². The van der Waals surface area contributed by atoms with Crippen molar-refractivity contribution in [3.05, 3.63) is 29.3 Å². The molecule has 0 amide bonds. The Balaban J connectivity index is 2.36. The summed E-state index contributed by atoms with van der Waals surface area (Å²) in [5, 5.41) is 18.5. The molecule has 6 nitrogen and oxygen atoms in total. The molecule has 2 rings (SSSR count). The van der Waals surface area contributed by atoms with Crippen molar-refractivity contribution in [2.24, 2.45) is 0 Å². The lowest BCUT2D eigenvalue weighted by atomic mass is 9.78. The van der Waals surface area contributed by atoms with Crippen LogP contribution in [0, 0.1) is 0 Å². The molecular formula is C14H19NO5S. The molecule has 0 bridgehead atoms. The van der Waals surface area contributed by atoms with Crippen molar-refractivity contribution in [3.8, 4) is 0 Å². The predicted molar refractivity (Wildman–Crippen MR) is 76.8 cm³/mol. The highest BCUT2D eigenvalue weighted by Crippen LogP contribution is 2.33. The molecule has 0 aromatic heterocycles. The standard InChI is InChI=1S/C14H19NO5S/c1-2-10-4-5-11(8-12(10)13(17)18)21(19,20)15-14(9-16)6-3-7-14/h4-5,8,15-16H,2-3,6-7,9H2,1H3,(H,17,18). The number of hydrogen-bond acceptors (Lipinski definition) is 4. The minimum atomic E-state index is -3.85. The third kappa shape index (κ3) is 3.09. The van der Waals surface area contributed by atoms with Crippen LogP contribution in [0.25, 0.3) is 0 Å². The van der Waals surface area contributed by atoms with E-state index in [-0.39, 0.29) is 17.1 Å². The fourth-order valence-electron chi connectivity index (χ4n) is 2.47. The lowest BCUT2D eigenvalue weighted by Gasteiger charge is -2.40. The quantitative estimate of drug-likeness (QED) is 0.730. The van der Waals surface area contributed by atoms with Crippen LogP contribution >= 0.6 is 0 Å². The molecule has 0 heterocycles. The zero-order valence-electron chi connectivity index (χ0n) is 11.8. The summed E-state index contributed by atoms with van der Waals surface area (Å²) in [6, 6.07) is 4.09. The van der Waals surface area contributed by atoms with Gasteiger partial charge in [-0.25, -0.2) is 17.9 Å². The van der Waals surface area contributed by atoms with Gasteiger partial charge in [-0.15, -0.1) is 0 Å². The van der Waals surface area contributed by atoms with Crippen LogP contribution < -0.4 is 4.72 Å². The Hall–Kier alpha value is -1.44. The Morgan fingerprint density at radius 2 is 2.05 bits per heavy atom. The molecule has 0 saturated heterocycles. The Kier molecular flexibility index (Phi) is 4.36. The van der Waals surface area contributed by atoms with Crippen LogP contribution in [-0.4, -0.2) is 36.7 Å². The minimum absolute atomic E-state index is 0.00738. The Morgan fingerprint density at radius 1 is 1.38 bits per heavy atom. The van der Waals surface area contributed by atoms with E-state index < -0.39 is 21.5 Å². The summed E-state index contributed by atoms with van der Waals surface area (Å²) >= 11 is 0. The van der Waals surface area contributed by atoms with E-state index in [4.69, 9.17) is 5.11 Å². The normalized spacial score (nSPS) is 17.2. The molecule has 7 heteroatoms. The van der Waals surface area contributed by atoms with Crippen molar-refractivity contribution in [2.75, 3.05) is 6.61 Å². The number of hydrogen-bond donors (Lipinski definition) is 3. The summed E-state index contributed by atoms with van der Waals surface area (Å²) in [6.07, 6.45) is 2.54. The highest BCUT2D eigenvalue weighted by Gasteiger charge is 2.40. The zero-order valence-corrected chi connectivity index (χ0v) is 12.6. The van der Waals surface area contributed by atoms with Gasteiger partial charge in [-0.05, 0) is 43.4 Å². The average molecular weight is 313 g/mol. The molecule has 1 fully saturated rings. The Labute approximate surface area is 123 Å². The lowest BCUT2D eigenvalue weighted by Crippen LogP contribution is -2.55. The van der Waals surface area contributed by atoms with Gasteiger partial charge in [-0.2, -0.15) is 0 Å². The van der Waals surface area contributed by atoms with Gasteiger partial charge in [0.1, 0.15) is 0 Å². The second-order valence-corrected chi connectivity index (χ2v) is 7.06. The van der Waals surface area contributed by atoms with Gasteiger partial charge in [0.05, 0.1) is 22.6 Å². The zero-order chi connectivity index (χ0) is 15.7. The number of sulfonamides is 1. The molecule has 0 aliphatic heterocycles. The monoisotopic (exact) mass is 313 g/mol. The number of rotatable bonds is 6. The van der Waals surface area contributed by atoms with Crippen LogP contribution in [0.2, 0.25) is 0 Å². The SMILES string of the molecule is CCc1ccc(S(=O)(=O)NC2(CO)CCC2)cc1C(=O)O. The van der Waals surface area contributed by atoms with Crippen LogP contribution in [0.5, 0.6) is 0 Å². The van der Waals surface area contributed by atoms with Crippen LogP contribution in [-0.2, 0) is 16.4 Å². The number of carboxylic acids is 1. The van der Waals surface area contributed by atoms with Crippen molar-refractivity contribution >= 4 is 16.0 Å². The number of aliphatic hydroxyl groups excluding tert-OH is 1. The second kappa shape index (κ2) is 5.75. The van der Waals surface area contributed by atoms with Gasteiger partial charge < -0.3 is 10.2 Å². The summed E-state index contributed by atoms with van der Waals surface area (Å²) in [6.45, 7) is 1.55. The predicted octanol–water partition coefficient (Wildman–Crippen LogP) is 1.14. The second-order valence-electron chi connectivity index (χ2n) is 5.38. The smallest absolute Gasteiger partial charge is 0.336 e. The summed E-state index contributed by atoms with van der Waals surface area (Å²) in [5.74, 6) is -1.15. The molecule has 1 aromatic rings. The van der Waals surface area contributed by atoms with Crippen LogP contribution in [0.15, 0.2) is 23.1 Å². The lowest BCUT2D eigenvalue weighted by molar-refractivity contribution is 0.0695. The molecule has 116 valence electrons. The van der Waals surface area contributed by atoms with Crippen LogP contribution in [0.3, 0.4) is 0 Å². The molecule has 0 spiro atoms. The first-order chi connectivity index (χ1) is 9.83. The number of carbonyl (C=O) groups is 1. The maximum Gasteiger partial charge on any atom is 0.336 e. The minimum Gasteiger partial charge on any atom is -0.478 e. The van der Waals surface area contributed by atoms with Crippen LogP contribution in [0.1, 0.15) is 42.1 Å². The first kappa shape index (κ1) is 15.9. The maximum absolute atomic E-state index is 12.4. The highest BCUT2D eigenvalue weighted by molar-refractivity contribution is 7.89. The number of nitrogens with one attached hydrogen (secondary N) is 1. The van der Waals surface area contributed by atoms with Crippen molar-refractivity contribution < 1.29 is 23.4 Å². The molecule has 0 radical (unpaired) electrons. The first-order valence-corrected chi connectivity index (χ1v) is 8.33. The van der Waals surface area contributed by atoms with Gasteiger partial charge in [-0.3, -0.25) is 0 Å². The molecule has 1 aliphatic carbocycles. The fourth-order valence-corrected chi connectivity index (χ4v) is 3.95. The third-order valence-corrected chi connectivity index (χ3v) is 5.54. The molecule has 0 unspecified atom stereocenters. The van der Waals surface area contributed by atoms with E-state index in [9.17, 15) is 18.3 Å². The fraction of sp³-hybridized carbons (Fsp3) is 0.500. The molecule has 0 atom stereocenters. The van der Waals surface area contributed by atoms with Crippen molar-refractivity contribution in [3.63, 3.8) is 0 Å². The summed E-state index contributed by atoms with van der Waals surface area (Å²) in [5.41, 5.74) is -0.222. The molecule has 1 aromatic carbocycles.